The molecule has 1 saturated heterocycles. The number of piperazine rings is 1. The summed E-state index contributed by atoms with van der Waals surface area (Å²) in [5.74, 6) is 0. The lowest BCUT2D eigenvalue weighted by atomic mass is 10.1. The molecule has 19 heavy (non-hydrogen) atoms. The van der Waals surface area contributed by atoms with Crippen molar-refractivity contribution in [2.24, 2.45) is 0 Å². The van der Waals surface area contributed by atoms with Crippen molar-refractivity contribution in [1.29, 1.82) is 0 Å². The van der Waals surface area contributed by atoms with E-state index in [1.54, 1.807) is 0 Å². The monoisotopic (exact) mass is 262 g/mol. The normalized spacial score (nSPS) is 25.7. The van der Waals surface area contributed by atoms with Crippen LogP contribution in [0.5, 0.6) is 0 Å². The van der Waals surface area contributed by atoms with Crippen LogP contribution in [0.4, 0.5) is 0 Å². The number of rotatable bonds is 4. The average Bonchev–Trinajstić information content (AvgIpc) is 2.37. The molecule has 4 heteroatoms. The number of hydrogen-bond donors (Lipinski definition) is 1. The SMILES string of the molecule is CNCc1cccc(CN2CC(C)N(C)C(C)C2)n1. The third-order valence-electron chi connectivity index (χ3n) is 4.04. The molecular weight excluding hydrogens is 236 g/mol. The molecule has 0 bridgehead atoms. The number of aromatic nitrogens is 1. The zero-order valence-electron chi connectivity index (χ0n) is 12.6. The lowest BCUT2D eigenvalue weighted by molar-refractivity contribution is 0.0549. The van der Waals surface area contributed by atoms with Crippen LogP contribution in [-0.4, -0.2) is 54.1 Å². The van der Waals surface area contributed by atoms with Crippen molar-refractivity contribution < 1.29 is 0 Å². The Morgan fingerprint density at radius 3 is 2.47 bits per heavy atom. The number of hydrogen-bond acceptors (Lipinski definition) is 4. The van der Waals surface area contributed by atoms with Crippen LogP contribution in [0.1, 0.15) is 25.2 Å². The molecule has 0 saturated carbocycles. The first-order valence-corrected chi connectivity index (χ1v) is 7.14. The summed E-state index contributed by atoms with van der Waals surface area (Å²) in [6.45, 7) is 8.64. The molecule has 0 spiro atoms. The molecule has 106 valence electrons. The van der Waals surface area contributed by atoms with Gasteiger partial charge in [0.05, 0.1) is 11.4 Å². The van der Waals surface area contributed by atoms with Crippen LogP contribution in [0.3, 0.4) is 0 Å². The van der Waals surface area contributed by atoms with Crippen LogP contribution in [0.25, 0.3) is 0 Å². The van der Waals surface area contributed by atoms with Gasteiger partial charge in [0.25, 0.3) is 0 Å². The fourth-order valence-electron chi connectivity index (χ4n) is 2.77. The summed E-state index contributed by atoms with van der Waals surface area (Å²) in [6, 6.07) is 7.55. The van der Waals surface area contributed by atoms with Gasteiger partial charge in [-0.05, 0) is 40.1 Å². The van der Waals surface area contributed by atoms with E-state index in [0.717, 1.165) is 31.9 Å². The molecule has 1 aliphatic heterocycles. The maximum atomic E-state index is 4.71. The van der Waals surface area contributed by atoms with Crippen LogP contribution in [-0.2, 0) is 13.1 Å². The molecule has 4 nitrogen and oxygen atoms in total. The molecule has 2 unspecified atom stereocenters. The van der Waals surface area contributed by atoms with Crippen molar-refractivity contribution >= 4 is 0 Å². The summed E-state index contributed by atoms with van der Waals surface area (Å²) >= 11 is 0. The molecule has 1 N–H and O–H groups in total. The Kier molecular flexibility index (Phi) is 4.91. The summed E-state index contributed by atoms with van der Waals surface area (Å²) in [6.07, 6.45) is 0. The fraction of sp³-hybridized carbons (Fsp3) is 0.667. The molecule has 0 amide bonds. The van der Waals surface area contributed by atoms with Gasteiger partial charge in [0.2, 0.25) is 0 Å². The largest absolute Gasteiger partial charge is 0.314 e. The third-order valence-corrected chi connectivity index (χ3v) is 4.04. The van der Waals surface area contributed by atoms with E-state index < -0.39 is 0 Å². The van der Waals surface area contributed by atoms with Gasteiger partial charge in [0.15, 0.2) is 0 Å². The molecule has 2 rings (SSSR count). The van der Waals surface area contributed by atoms with Gasteiger partial charge in [-0.1, -0.05) is 6.07 Å². The van der Waals surface area contributed by atoms with Crippen LogP contribution in [0.15, 0.2) is 18.2 Å². The lowest BCUT2D eigenvalue weighted by Gasteiger charge is -2.42. The van der Waals surface area contributed by atoms with Crippen molar-refractivity contribution in [2.75, 3.05) is 27.2 Å². The van der Waals surface area contributed by atoms with Gasteiger partial charge in [0.1, 0.15) is 0 Å². The summed E-state index contributed by atoms with van der Waals surface area (Å²) in [5.41, 5.74) is 2.30. The van der Waals surface area contributed by atoms with E-state index in [9.17, 15) is 0 Å². The number of nitrogens with zero attached hydrogens (tertiary/aromatic N) is 3. The highest BCUT2D eigenvalue weighted by atomic mass is 15.3. The minimum absolute atomic E-state index is 0.615. The van der Waals surface area contributed by atoms with Crippen molar-refractivity contribution in [3.63, 3.8) is 0 Å². The van der Waals surface area contributed by atoms with E-state index in [-0.39, 0.29) is 0 Å². The smallest absolute Gasteiger partial charge is 0.0547 e. The molecule has 0 aliphatic carbocycles. The Morgan fingerprint density at radius 1 is 1.21 bits per heavy atom. The van der Waals surface area contributed by atoms with Crippen molar-refractivity contribution in [3.05, 3.63) is 29.6 Å². The molecule has 1 aromatic rings. The zero-order chi connectivity index (χ0) is 13.8. The van der Waals surface area contributed by atoms with Crippen LogP contribution < -0.4 is 5.32 Å². The predicted octanol–water partition coefficient (Wildman–Crippen LogP) is 1.33. The molecule has 1 aliphatic rings. The van der Waals surface area contributed by atoms with Crippen LogP contribution in [0, 0.1) is 0 Å². The molecule has 1 aromatic heterocycles. The Bertz CT molecular complexity index is 395. The highest BCUT2D eigenvalue weighted by molar-refractivity contribution is 5.11. The van der Waals surface area contributed by atoms with Crippen molar-refractivity contribution in [2.45, 2.75) is 39.0 Å². The summed E-state index contributed by atoms with van der Waals surface area (Å²) in [7, 11) is 4.18. The van der Waals surface area contributed by atoms with E-state index >= 15 is 0 Å². The molecule has 1 fully saturated rings. The number of pyridine rings is 1. The molecule has 0 aromatic carbocycles. The van der Waals surface area contributed by atoms with Gasteiger partial charge in [0, 0.05) is 38.3 Å². The van der Waals surface area contributed by atoms with Gasteiger partial charge >= 0.3 is 0 Å². The molecule has 2 heterocycles. The lowest BCUT2D eigenvalue weighted by Crippen LogP contribution is -2.54. The predicted molar refractivity (Wildman–Crippen MR) is 79.0 cm³/mol. The summed E-state index contributed by atoms with van der Waals surface area (Å²) in [5, 5.41) is 3.15. The molecule has 0 radical (unpaired) electrons. The second-order valence-corrected chi connectivity index (χ2v) is 5.71. The Balaban J connectivity index is 1.99. The highest BCUT2D eigenvalue weighted by Crippen LogP contribution is 2.15. The Labute approximate surface area is 116 Å². The van der Waals surface area contributed by atoms with Gasteiger partial charge in [-0.2, -0.15) is 0 Å². The maximum Gasteiger partial charge on any atom is 0.0547 e. The minimum Gasteiger partial charge on any atom is -0.314 e. The van der Waals surface area contributed by atoms with Crippen LogP contribution >= 0.6 is 0 Å². The van der Waals surface area contributed by atoms with Crippen molar-refractivity contribution in [3.8, 4) is 0 Å². The van der Waals surface area contributed by atoms with Gasteiger partial charge < -0.3 is 5.32 Å². The summed E-state index contributed by atoms with van der Waals surface area (Å²) in [4.78, 5) is 9.68. The Hall–Kier alpha value is -0.970. The number of likely N-dealkylation sites (N-methyl/N-ethyl adjacent to an activating group) is 1. The standard InChI is InChI=1S/C15H26N4/c1-12-9-19(10-13(2)18(12)4)11-15-7-5-6-14(17-15)8-16-3/h5-7,12-13,16H,8-11H2,1-4H3. The zero-order valence-corrected chi connectivity index (χ0v) is 12.6. The van der Waals surface area contributed by atoms with Gasteiger partial charge in [-0.15, -0.1) is 0 Å². The molecule has 2 atom stereocenters. The Morgan fingerprint density at radius 2 is 1.84 bits per heavy atom. The van der Waals surface area contributed by atoms with Crippen molar-refractivity contribution in [1.82, 2.24) is 20.1 Å². The van der Waals surface area contributed by atoms with Gasteiger partial charge in [-0.25, -0.2) is 0 Å². The first-order chi connectivity index (χ1) is 9.10. The second kappa shape index (κ2) is 6.46. The fourth-order valence-corrected chi connectivity index (χ4v) is 2.77. The maximum absolute atomic E-state index is 4.71. The van der Waals surface area contributed by atoms with E-state index in [1.807, 2.05) is 7.05 Å². The van der Waals surface area contributed by atoms with Gasteiger partial charge in [-0.3, -0.25) is 14.8 Å². The molecular formula is C15H26N4. The second-order valence-electron chi connectivity index (χ2n) is 5.71. The van der Waals surface area contributed by atoms with E-state index in [0.29, 0.717) is 12.1 Å². The first-order valence-electron chi connectivity index (χ1n) is 7.14. The topological polar surface area (TPSA) is 31.4 Å². The quantitative estimate of drug-likeness (QED) is 0.887. The third kappa shape index (κ3) is 3.75. The van der Waals surface area contributed by atoms with E-state index in [4.69, 9.17) is 4.98 Å². The summed E-state index contributed by atoms with van der Waals surface area (Å²) < 4.78 is 0. The van der Waals surface area contributed by atoms with Crippen LogP contribution in [0.2, 0.25) is 0 Å². The first kappa shape index (κ1) is 14.4. The van der Waals surface area contributed by atoms with E-state index in [1.165, 1.54) is 5.69 Å². The van der Waals surface area contributed by atoms with E-state index in [2.05, 4.69) is 54.2 Å². The minimum atomic E-state index is 0.615. The number of nitrogens with one attached hydrogen (secondary N) is 1. The average molecular weight is 262 g/mol. The highest BCUT2D eigenvalue weighted by Gasteiger charge is 2.26.